The summed E-state index contributed by atoms with van der Waals surface area (Å²) in [5.74, 6) is 0.0654. The van der Waals surface area contributed by atoms with Gasteiger partial charge in [-0.3, -0.25) is 4.79 Å². The minimum Gasteiger partial charge on any atom is -0.481 e. The van der Waals surface area contributed by atoms with Crippen molar-refractivity contribution in [2.24, 2.45) is 5.41 Å². The first-order valence-corrected chi connectivity index (χ1v) is 5.91. The molecular weight excluding hydrogens is 232 g/mol. The Bertz CT molecular complexity index is 607. The van der Waals surface area contributed by atoms with Gasteiger partial charge >= 0.3 is 5.97 Å². The average molecular weight is 246 g/mol. The Morgan fingerprint density at radius 1 is 1.56 bits per heavy atom. The third kappa shape index (κ3) is 1.54. The van der Waals surface area contributed by atoms with Crippen molar-refractivity contribution in [2.75, 3.05) is 18.0 Å². The van der Waals surface area contributed by atoms with E-state index in [1.165, 1.54) is 0 Å². The number of aromatic nitrogens is 1. The number of aliphatic carboxylic acids is 1. The van der Waals surface area contributed by atoms with E-state index in [2.05, 4.69) is 4.98 Å². The second-order valence-electron chi connectivity index (χ2n) is 5.00. The molecule has 0 spiro atoms. The van der Waals surface area contributed by atoms with Crippen molar-refractivity contribution in [3.8, 4) is 0 Å². The van der Waals surface area contributed by atoms with Crippen LogP contribution in [-0.2, 0) is 4.79 Å². The minimum absolute atomic E-state index is 0.486. The lowest BCUT2D eigenvalue weighted by molar-refractivity contribution is -0.146. The lowest BCUT2D eigenvalue weighted by Crippen LogP contribution is -2.32. The summed E-state index contributed by atoms with van der Waals surface area (Å²) in [5, 5.41) is 10.2. The zero-order chi connectivity index (χ0) is 12.8. The van der Waals surface area contributed by atoms with Gasteiger partial charge in [0, 0.05) is 19.3 Å². The van der Waals surface area contributed by atoms with Crippen molar-refractivity contribution in [3.63, 3.8) is 0 Å². The molecule has 3 rings (SSSR count). The number of anilines is 1. The van der Waals surface area contributed by atoms with E-state index in [4.69, 9.17) is 4.42 Å². The van der Waals surface area contributed by atoms with Crippen LogP contribution in [0.25, 0.3) is 11.0 Å². The number of carboxylic acids is 1. The van der Waals surface area contributed by atoms with Crippen LogP contribution < -0.4 is 4.90 Å². The van der Waals surface area contributed by atoms with Crippen molar-refractivity contribution in [1.29, 1.82) is 0 Å². The number of carbonyl (C=O) groups is 1. The number of carboxylic acid groups (broad SMARTS) is 1. The summed E-state index contributed by atoms with van der Waals surface area (Å²) in [6.45, 7) is 2.98. The number of hydrogen-bond donors (Lipinski definition) is 1. The number of furan rings is 1. The van der Waals surface area contributed by atoms with Gasteiger partial charge < -0.3 is 14.4 Å². The molecule has 0 amide bonds. The third-order valence-corrected chi connectivity index (χ3v) is 3.65. The Labute approximate surface area is 104 Å². The fraction of sp³-hybridized carbons (Fsp3) is 0.385. The second kappa shape index (κ2) is 3.73. The normalized spacial score (nSPS) is 23.7. The molecule has 94 valence electrons. The molecule has 1 unspecified atom stereocenters. The Morgan fingerprint density at radius 2 is 2.39 bits per heavy atom. The number of rotatable bonds is 2. The van der Waals surface area contributed by atoms with Gasteiger partial charge in [0.2, 0.25) is 0 Å². The van der Waals surface area contributed by atoms with Crippen LogP contribution in [-0.4, -0.2) is 29.1 Å². The zero-order valence-corrected chi connectivity index (χ0v) is 10.1. The highest BCUT2D eigenvalue weighted by Crippen LogP contribution is 2.35. The van der Waals surface area contributed by atoms with E-state index in [1.807, 2.05) is 17.0 Å². The molecule has 3 heterocycles. The molecular formula is C13H14N2O3. The molecule has 1 N–H and O–H groups in total. The quantitative estimate of drug-likeness (QED) is 0.879. The molecule has 18 heavy (non-hydrogen) atoms. The Morgan fingerprint density at radius 3 is 3.11 bits per heavy atom. The lowest BCUT2D eigenvalue weighted by atomic mass is 9.90. The highest BCUT2D eigenvalue weighted by atomic mass is 16.4. The van der Waals surface area contributed by atoms with Gasteiger partial charge in [-0.05, 0) is 25.5 Å². The van der Waals surface area contributed by atoms with Crippen LogP contribution in [0.3, 0.4) is 0 Å². The number of hydrogen-bond acceptors (Lipinski definition) is 4. The first-order valence-electron chi connectivity index (χ1n) is 5.91. The SMILES string of the molecule is CC1(C(=O)O)CCN(c2nccc3occc23)C1. The van der Waals surface area contributed by atoms with Crippen molar-refractivity contribution in [2.45, 2.75) is 13.3 Å². The highest BCUT2D eigenvalue weighted by molar-refractivity contribution is 5.89. The fourth-order valence-corrected chi connectivity index (χ4v) is 2.45. The summed E-state index contributed by atoms with van der Waals surface area (Å²) in [7, 11) is 0. The van der Waals surface area contributed by atoms with Gasteiger partial charge in [-0.1, -0.05) is 0 Å². The summed E-state index contributed by atoms with van der Waals surface area (Å²) in [6.07, 6.45) is 3.96. The van der Waals surface area contributed by atoms with E-state index in [9.17, 15) is 9.90 Å². The Kier molecular flexibility index (Phi) is 2.29. The molecule has 0 aromatic carbocycles. The predicted octanol–water partition coefficient (Wildman–Crippen LogP) is 2.13. The van der Waals surface area contributed by atoms with E-state index in [0.29, 0.717) is 19.5 Å². The highest BCUT2D eigenvalue weighted by Gasteiger charge is 2.41. The minimum atomic E-state index is -0.746. The molecule has 5 heteroatoms. The first-order chi connectivity index (χ1) is 8.60. The van der Waals surface area contributed by atoms with Crippen LogP contribution in [0.2, 0.25) is 0 Å². The molecule has 0 bridgehead atoms. The Hall–Kier alpha value is -2.04. The van der Waals surface area contributed by atoms with E-state index in [0.717, 1.165) is 16.8 Å². The maximum absolute atomic E-state index is 11.2. The third-order valence-electron chi connectivity index (χ3n) is 3.65. The lowest BCUT2D eigenvalue weighted by Gasteiger charge is -2.21. The van der Waals surface area contributed by atoms with E-state index in [1.54, 1.807) is 19.4 Å². The molecule has 2 aromatic rings. The van der Waals surface area contributed by atoms with Crippen molar-refractivity contribution < 1.29 is 14.3 Å². The van der Waals surface area contributed by atoms with Crippen molar-refractivity contribution >= 4 is 22.8 Å². The van der Waals surface area contributed by atoms with Gasteiger partial charge in [0.05, 0.1) is 17.1 Å². The average Bonchev–Trinajstić information content (AvgIpc) is 2.95. The van der Waals surface area contributed by atoms with Crippen LogP contribution in [0, 0.1) is 5.41 Å². The van der Waals surface area contributed by atoms with Crippen molar-refractivity contribution in [3.05, 3.63) is 24.6 Å². The summed E-state index contributed by atoms with van der Waals surface area (Å²) >= 11 is 0. The molecule has 1 aliphatic heterocycles. The van der Waals surface area contributed by atoms with Crippen LogP contribution in [0.4, 0.5) is 5.82 Å². The van der Waals surface area contributed by atoms with E-state index < -0.39 is 11.4 Å². The van der Waals surface area contributed by atoms with Gasteiger partial charge in [-0.25, -0.2) is 4.98 Å². The van der Waals surface area contributed by atoms with E-state index >= 15 is 0 Å². The number of nitrogens with zero attached hydrogens (tertiary/aromatic N) is 2. The van der Waals surface area contributed by atoms with Gasteiger partial charge in [-0.15, -0.1) is 0 Å². The molecule has 5 nitrogen and oxygen atoms in total. The van der Waals surface area contributed by atoms with Crippen LogP contribution >= 0.6 is 0 Å². The molecule has 2 aromatic heterocycles. The first kappa shape index (κ1) is 11.1. The van der Waals surface area contributed by atoms with Crippen molar-refractivity contribution in [1.82, 2.24) is 4.98 Å². The van der Waals surface area contributed by atoms with Gasteiger partial charge in [0.15, 0.2) is 0 Å². The number of pyridine rings is 1. The standard InChI is InChI=1S/C13H14N2O3/c1-13(12(16)17)4-6-15(8-13)11-9-3-7-18-10(9)2-5-14-11/h2-3,5,7H,4,6,8H2,1H3,(H,16,17). The second-order valence-corrected chi connectivity index (χ2v) is 5.00. The van der Waals surface area contributed by atoms with Gasteiger partial charge in [-0.2, -0.15) is 0 Å². The fourth-order valence-electron chi connectivity index (χ4n) is 2.45. The monoisotopic (exact) mass is 246 g/mol. The smallest absolute Gasteiger partial charge is 0.311 e. The number of fused-ring (bicyclic) bond motifs is 1. The summed E-state index contributed by atoms with van der Waals surface area (Å²) in [5.41, 5.74) is 0.0945. The summed E-state index contributed by atoms with van der Waals surface area (Å²) in [6, 6.07) is 3.68. The Balaban J connectivity index is 1.98. The molecule has 0 aliphatic carbocycles. The maximum Gasteiger partial charge on any atom is 0.311 e. The molecule has 0 radical (unpaired) electrons. The van der Waals surface area contributed by atoms with Gasteiger partial charge in [0.1, 0.15) is 11.4 Å². The topological polar surface area (TPSA) is 66.6 Å². The van der Waals surface area contributed by atoms with Crippen LogP contribution in [0.5, 0.6) is 0 Å². The molecule has 1 aliphatic rings. The molecule has 1 saturated heterocycles. The zero-order valence-electron chi connectivity index (χ0n) is 10.1. The van der Waals surface area contributed by atoms with Crippen LogP contribution in [0.1, 0.15) is 13.3 Å². The maximum atomic E-state index is 11.2. The summed E-state index contributed by atoms with van der Waals surface area (Å²) < 4.78 is 5.33. The van der Waals surface area contributed by atoms with Gasteiger partial charge in [0.25, 0.3) is 0 Å². The molecule has 0 saturated carbocycles. The molecule has 1 atom stereocenters. The van der Waals surface area contributed by atoms with Crippen LogP contribution in [0.15, 0.2) is 29.0 Å². The predicted molar refractivity (Wildman–Crippen MR) is 66.6 cm³/mol. The summed E-state index contributed by atoms with van der Waals surface area (Å²) in [4.78, 5) is 17.6. The molecule has 1 fully saturated rings. The van der Waals surface area contributed by atoms with E-state index in [-0.39, 0.29) is 0 Å². The largest absolute Gasteiger partial charge is 0.481 e.